The van der Waals surface area contributed by atoms with Gasteiger partial charge in [-0.2, -0.15) is 0 Å². The average molecular weight is 428 g/mol. The minimum absolute atomic E-state index is 0.0545. The normalized spacial score (nSPS) is 12.7. The topological polar surface area (TPSA) is 134 Å². The summed E-state index contributed by atoms with van der Waals surface area (Å²) < 4.78 is 23.1. The fourth-order valence-corrected chi connectivity index (χ4v) is 2.32. The molecule has 29 heavy (non-hydrogen) atoms. The molecule has 0 fully saturated rings. The van der Waals surface area contributed by atoms with Gasteiger partial charge in [-0.15, -0.1) is 6.58 Å². The zero-order chi connectivity index (χ0) is 21.4. The summed E-state index contributed by atoms with van der Waals surface area (Å²) in [6.45, 7) is 3.07. The van der Waals surface area contributed by atoms with E-state index < -0.39 is 35.7 Å². The Kier molecular flexibility index (Phi) is 7.98. The van der Waals surface area contributed by atoms with Crippen molar-refractivity contribution in [1.29, 1.82) is 0 Å². The predicted octanol–water partition coefficient (Wildman–Crippen LogP) is 1.40. The smallest absolute Gasteiger partial charge is 0.290 e. The molecule has 2 unspecified atom stereocenters. The Bertz CT molecular complexity index is 875. The maximum absolute atomic E-state index is 13.3. The molecule has 2 rings (SSSR count). The van der Waals surface area contributed by atoms with Crippen molar-refractivity contribution in [1.82, 2.24) is 15.8 Å². The Labute approximate surface area is 170 Å². The number of hydrogen-bond acceptors (Lipinski definition) is 7. The Balaban J connectivity index is 1.73. The molecule has 1 aromatic heterocycles. The standard InChI is InChI=1S/C18H19ClFN3O6/c1-2-10(22-18(27)15-7-16(25)23-29-15)5-11(24)8-21-17(26)9-28-12-3-4-13(19)14(20)6-12/h2-4,6-7,10-11,24H,1,5,8-9H2,(H,21,26)(H,22,27)(H,23,25). The van der Waals surface area contributed by atoms with Crippen LogP contribution >= 0.6 is 11.6 Å². The molecule has 0 radical (unpaired) electrons. The number of halogens is 2. The third-order valence-electron chi connectivity index (χ3n) is 3.64. The van der Waals surface area contributed by atoms with Crippen LogP contribution in [0.5, 0.6) is 11.6 Å². The van der Waals surface area contributed by atoms with Crippen molar-refractivity contribution in [2.24, 2.45) is 0 Å². The van der Waals surface area contributed by atoms with Gasteiger partial charge in [0.25, 0.3) is 17.7 Å². The van der Waals surface area contributed by atoms with Crippen molar-refractivity contribution < 1.29 is 33.5 Å². The van der Waals surface area contributed by atoms with Gasteiger partial charge < -0.3 is 30.1 Å². The van der Waals surface area contributed by atoms with Crippen molar-refractivity contribution in [2.75, 3.05) is 13.2 Å². The van der Waals surface area contributed by atoms with E-state index in [1.54, 1.807) is 0 Å². The molecule has 0 aliphatic heterocycles. The Hall–Kier alpha value is -3.11. The minimum atomic E-state index is -1.00. The average Bonchev–Trinajstić information content (AvgIpc) is 3.13. The van der Waals surface area contributed by atoms with E-state index in [0.717, 1.165) is 12.1 Å². The molecule has 11 heteroatoms. The van der Waals surface area contributed by atoms with Crippen LogP contribution in [-0.4, -0.2) is 52.5 Å². The lowest BCUT2D eigenvalue weighted by Crippen LogP contribution is -2.40. The third-order valence-corrected chi connectivity index (χ3v) is 3.95. The molecule has 0 aliphatic carbocycles. The van der Waals surface area contributed by atoms with Gasteiger partial charge in [-0.05, 0) is 23.7 Å². The van der Waals surface area contributed by atoms with E-state index in [4.69, 9.17) is 21.4 Å². The van der Waals surface area contributed by atoms with E-state index in [0.29, 0.717) is 0 Å². The van der Waals surface area contributed by atoms with Gasteiger partial charge in [-0.25, -0.2) is 4.39 Å². The maximum Gasteiger partial charge on any atom is 0.290 e. The highest BCUT2D eigenvalue weighted by Gasteiger charge is 2.19. The van der Waals surface area contributed by atoms with Crippen LogP contribution in [0.3, 0.4) is 0 Å². The predicted molar refractivity (Wildman–Crippen MR) is 100 cm³/mol. The molecule has 0 saturated carbocycles. The summed E-state index contributed by atoms with van der Waals surface area (Å²) in [5.41, 5.74) is 0. The first kappa shape index (κ1) is 22.2. The number of ether oxygens (including phenoxy) is 1. The molecule has 0 bridgehead atoms. The Morgan fingerprint density at radius 2 is 2.17 bits per heavy atom. The summed E-state index contributed by atoms with van der Waals surface area (Å²) in [5.74, 6) is -2.35. The van der Waals surface area contributed by atoms with Gasteiger partial charge in [-0.3, -0.25) is 9.59 Å². The molecule has 1 heterocycles. The second-order valence-electron chi connectivity index (χ2n) is 5.92. The van der Waals surface area contributed by atoms with Gasteiger partial charge in [0.2, 0.25) is 5.76 Å². The molecule has 0 spiro atoms. The number of amides is 2. The number of aromatic hydroxyl groups is 1. The summed E-state index contributed by atoms with van der Waals surface area (Å²) in [6.07, 6.45) is 0.453. The number of nitrogens with one attached hydrogen (secondary N) is 2. The highest BCUT2D eigenvalue weighted by Crippen LogP contribution is 2.20. The maximum atomic E-state index is 13.3. The Morgan fingerprint density at radius 1 is 1.41 bits per heavy atom. The van der Waals surface area contributed by atoms with Crippen LogP contribution in [0.25, 0.3) is 0 Å². The number of aliphatic hydroxyl groups excluding tert-OH is 1. The Morgan fingerprint density at radius 3 is 2.79 bits per heavy atom. The number of carbonyl (C=O) groups excluding carboxylic acids is 2. The van der Waals surface area contributed by atoms with Crippen molar-refractivity contribution in [3.8, 4) is 11.6 Å². The van der Waals surface area contributed by atoms with Gasteiger partial charge in [0.05, 0.1) is 17.2 Å². The van der Waals surface area contributed by atoms with E-state index in [1.165, 1.54) is 18.2 Å². The first-order chi connectivity index (χ1) is 13.8. The van der Waals surface area contributed by atoms with Crippen molar-refractivity contribution in [3.63, 3.8) is 0 Å². The molecule has 156 valence electrons. The number of aliphatic hydroxyl groups is 1. The quantitative estimate of drug-likeness (QED) is 0.421. The fourth-order valence-electron chi connectivity index (χ4n) is 2.20. The highest BCUT2D eigenvalue weighted by molar-refractivity contribution is 6.30. The molecule has 2 amide bonds. The molecule has 4 N–H and O–H groups in total. The summed E-state index contributed by atoms with van der Waals surface area (Å²) in [5, 5.41) is 27.2. The molecule has 9 nitrogen and oxygen atoms in total. The van der Waals surface area contributed by atoms with Crippen LogP contribution in [0, 0.1) is 5.82 Å². The van der Waals surface area contributed by atoms with E-state index in [9.17, 15) is 19.1 Å². The van der Waals surface area contributed by atoms with Gasteiger partial charge in [0.15, 0.2) is 6.61 Å². The summed E-state index contributed by atoms with van der Waals surface area (Å²) in [6, 6.07) is 4.18. The zero-order valence-corrected chi connectivity index (χ0v) is 15.9. The fraction of sp³-hybridized carbons (Fsp3) is 0.278. The van der Waals surface area contributed by atoms with Gasteiger partial charge in [-0.1, -0.05) is 17.7 Å². The van der Waals surface area contributed by atoms with Gasteiger partial charge in [0.1, 0.15) is 11.6 Å². The lowest BCUT2D eigenvalue weighted by atomic mass is 10.1. The van der Waals surface area contributed by atoms with E-state index in [1.807, 2.05) is 0 Å². The molecule has 0 saturated heterocycles. The summed E-state index contributed by atoms with van der Waals surface area (Å²) in [7, 11) is 0. The lowest BCUT2D eigenvalue weighted by Gasteiger charge is -2.18. The lowest BCUT2D eigenvalue weighted by molar-refractivity contribution is -0.123. The first-order valence-electron chi connectivity index (χ1n) is 8.40. The van der Waals surface area contributed by atoms with Crippen molar-refractivity contribution in [2.45, 2.75) is 18.6 Å². The second-order valence-corrected chi connectivity index (χ2v) is 6.33. The monoisotopic (exact) mass is 427 g/mol. The van der Waals surface area contributed by atoms with Crippen LogP contribution in [0.2, 0.25) is 5.02 Å². The molecular weight excluding hydrogens is 409 g/mol. The highest BCUT2D eigenvalue weighted by atomic mass is 35.5. The van der Waals surface area contributed by atoms with Crippen LogP contribution < -0.4 is 15.4 Å². The molecule has 2 aromatic rings. The van der Waals surface area contributed by atoms with E-state index in [2.05, 4.69) is 26.9 Å². The van der Waals surface area contributed by atoms with Crippen LogP contribution in [0.15, 0.2) is 41.4 Å². The van der Waals surface area contributed by atoms with Crippen molar-refractivity contribution in [3.05, 3.63) is 53.5 Å². The van der Waals surface area contributed by atoms with Crippen LogP contribution in [-0.2, 0) is 4.79 Å². The second kappa shape index (κ2) is 10.4. The molecule has 0 aliphatic rings. The van der Waals surface area contributed by atoms with Gasteiger partial charge in [0, 0.05) is 18.7 Å². The van der Waals surface area contributed by atoms with E-state index in [-0.39, 0.29) is 36.1 Å². The number of benzene rings is 1. The van der Waals surface area contributed by atoms with Crippen LogP contribution in [0.1, 0.15) is 17.0 Å². The summed E-state index contributed by atoms with van der Waals surface area (Å²) >= 11 is 5.56. The zero-order valence-electron chi connectivity index (χ0n) is 15.1. The summed E-state index contributed by atoms with van der Waals surface area (Å²) in [4.78, 5) is 23.7. The largest absolute Gasteiger partial charge is 0.491 e. The number of nitrogens with zero attached hydrogens (tertiary/aromatic N) is 1. The molecular formula is C18H19ClFN3O6. The number of hydrogen-bond donors (Lipinski definition) is 4. The van der Waals surface area contributed by atoms with Crippen molar-refractivity contribution >= 4 is 23.4 Å². The first-order valence-corrected chi connectivity index (χ1v) is 8.78. The number of rotatable bonds is 10. The SMILES string of the molecule is C=CC(CC(O)CNC(=O)COc1ccc(Cl)c(F)c1)NC(=O)c1cc(O)no1. The molecule has 1 aromatic carbocycles. The van der Waals surface area contributed by atoms with E-state index >= 15 is 0 Å². The number of carbonyl (C=O) groups is 2. The minimum Gasteiger partial charge on any atom is -0.491 e. The molecule has 2 atom stereocenters. The van der Waals surface area contributed by atoms with Gasteiger partial charge >= 0.3 is 0 Å². The number of aromatic nitrogens is 1. The van der Waals surface area contributed by atoms with Crippen LogP contribution in [0.4, 0.5) is 4.39 Å². The third kappa shape index (κ3) is 7.09.